The molecule has 2 amide bonds. The van der Waals surface area contributed by atoms with Gasteiger partial charge in [-0.25, -0.2) is 4.79 Å². The first kappa shape index (κ1) is 17.9. The Morgan fingerprint density at radius 2 is 2.22 bits per heavy atom. The minimum Gasteiger partial charge on any atom is -0.488 e. The highest BCUT2D eigenvalue weighted by molar-refractivity contribution is 5.74. The van der Waals surface area contributed by atoms with E-state index in [1.807, 2.05) is 28.6 Å². The van der Waals surface area contributed by atoms with Gasteiger partial charge in [-0.3, -0.25) is 9.58 Å². The number of hydrogen-bond donors (Lipinski definition) is 1. The Morgan fingerprint density at radius 1 is 1.37 bits per heavy atom. The average Bonchev–Trinajstić information content (AvgIpc) is 3.23. The van der Waals surface area contributed by atoms with E-state index in [2.05, 4.69) is 35.5 Å². The Kier molecular flexibility index (Phi) is 5.03. The number of ether oxygens (including phenoxy) is 1. The Hall–Kier alpha value is -2.54. The molecule has 27 heavy (non-hydrogen) atoms. The molecule has 1 N–H and O–H groups in total. The lowest BCUT2D eigenvalue weighted by Crippen LogP contribution is -2.44. The molecular formula is C20H27N5O2. The first-order valence-electron chi connectivity index (χ1n) is 9.64. The van der Waals surface area contributed by atoms with Crippen molar-refractivity contribution in [3.05, 3.63) is 47.3 Å². The summed E-state index contributed by atoms with van der Waals surface area (Å²) in [6.07, 6.45) is 1.15. The quantitative estimate of drug-likeness (QED) is 0.874. The number of nitrogens with zero attached hydrogens (tertiary/aromatic N) is 4. The second-order valence-corrected chi connectivity index (χ2v) is 7.36. The van der Waals surface area contributed by atoms with Crippen LogP contribution in [0, 0.1) is 0 Å². The zero-order chi connectivity index (χ0) is 18.8. The monoisotopic (exact) mass is 369 g/mol. The van der Waals surface area contributed by atoms with Crippen molar-refractivity contribution in [3.63, 3.8) is 0 Å². The van der Waals surface area contributed by atoms with Gasteiger partial charge in [0.15, 0.2) is 0 Å². The van der Waals surface area contributed by atoms with Crippen molar-refractivity contribution in [2.24, 2.45) is 0 Å². The maximum atomic E-state index is 12.0. The molecular weight excluding hydrogens is 342 g/mol. The van der Waals surface area contributed by atoms with Gasteiger partial charge in [0.05, 0.1) is 24.5 Å². The number of amides is 2. The summed E-state index contributed by atoms with van der Waals surface area (Å²) < 4.78 is 8.07. The number of benzene rings is 1. The van der Waals surface area contributed by atoms with Crippen LogP contribution in [0.15, 0.2) is 30.3 Å². The minimum atomic E-state index is 0.00145. The SMILES string of the molecule is CCNC(=O)N1CCn2nc(CN(C)C[C@@H]3Cc4ccccc4O3)cc2C1. The third-order valence-electron chi connectivity index (χ3n) is 5.12. The predicted molar refractivity (Wildman–Crippen MR) is 103 cm³/mol. The molecule has 144 valence electrons. The van der Waals surface area contributed by atoms with Gasteiger partial charge in [0.2, 0.25) is 0 Å². The highest BCUT2D eigenvalue weighted by Crippen LogP contribution is 2.28. The fourth-order valence-electron chi connectivity index (χ4n) is 3.88. The summed E-state index contributed by atoms with van der Waals surface area (Å²) in [5, 5.41) is 7.59. The number of nitrogens with one attached hydrogen (secondary N) is 1. The molecule has 0 unspecified atom stereocenters. The summed E-state index contributed by atoms with van der Waals surface area (Å²) >= 11 is 0. The van der Waals surface area contributed by atoms with E-state index in [1.54, 1.807) is 0 Å². The summed E-state index contributed by atoms with van der Waals surface area (Å²) in [5.74, 6) is 1.01. The Balaban J connectivity index is 1.32. The molecule has 0 radical (unpaired) electrons. The molecule has 0 bridgehead atoms. The van der Waals surface area contributed by atoms with Gasteiger partial charge in [0.1, 0.15) is 11.9 Å². The largest absolute Gasteiger partial charge is 0.488 e. The molecule has 0 aliphatic carbocycles. The molecule has 0 saturated heterocycles. The lowest BCUT2D eigenvalue weighted by molar-refractivity contribution is 0.164. The van der Waals surface area contributed by atoms with Crippen molar-refractivity contribution in [3.8, 4) is 5.75 Å². The minimum absolute atomic E-state index is 0.00145. The van der Waals surface area contributed by atoms with E-state index in [0.717, 1.165) is 43.2 Å². The first-order valence-corrected chi connectivity index (χ1v) is 9.64. The zero-order valence-electron chi connectivity index (χ0n) is 16.0. The number of hydrogen-bond acceptors (Lipinski definition) is 4. The fraction of sp³-hybridized carbons (Fsp3) is 0.500. The van der Waals surface area contributed by atoms with E-state index in [9.17, 15) is 4.79 Å². The molecule has 1 aromatic heterocycles. The number of rotatable bonds is 5. The van der Waals surface area contributed by atoms with E-state index < -0.39 is 0 Å². The van der Waals surface area contributed by atoms with Crippen LogP contribution in [0.25, 0.3) is 0 Å². The highest BCUT2D eigenvalue weighted by atomic mass is 16.5. The molecule has 7 heteroatoms. The number of carbonyl (C=O) groups excluding carboxylic acids is 1. The summed E-state index contributed by atoms with van der Waals surface area (Å²) in [4.78, 5) is 16.1. The lowest BCUT2D eigenvalue weighted by Gasteiger charge is -2.27. The van der Waals surface area contributed by atoms with E-state index in [1.165, 1.54) is 5.56 Å². The van der Waals surface area contributed by atoms with Crippen LogP contribution in [0.3, 0.4) is 0 Å². The van der Waals surface area contributed by atoms with Crippen molar-refractivity contribution in [1.29, 1.82) is 0 Å². The summed E-state index contributed by atoms with van der Waals surface area (Å²) in [5.41, 5.74) is 3.43. The number of aromatic nitrogens is 2. The van der Waals surface area contributed by atoms with Crippen molar-refractivity contribution in [1.82, 2.24) is 24.9 Å². The third-order valence-corrected chi connectivity index (χ3v) is 5.12. The van der Waals surface area contributed by atoms with Crippen LogP contribution >= 0.6 is 0 Å². The predicted octanol–water partition coefficient (Wildman–Crippen LogP) is 1.86. The molecule has 2 aliphatic heterocycles. The first-order chi connectivity index (χ1) is 13.1. The van der Waals surface area contributed by atoms with Gasteiger partial charge in [-0.2, -0.15) is 5.10 Å². The molecule has 1 aromatic carbocycles. The maximum Gasteiger partial charge on any atom is 0.317 e. The Morgan fingerprint density at radius 3 is 3.04 bits per heavy atom. The number of fused-ring (bicyclic) bond motifs is 2. The van der Waals surface area contributed by atoms with Crippen molar-refractivity contribution in [2.45, 2.75) is 39.1 Å². The van der Waals surface area contributed by atoms with Gasteiger partial charge in [-0.15, -0.1) is 0 Å². The molecule has 3 heterocycles. The van der Waals surface area contributed by atoms with Crippen molar-refractivity contribution in [2.75, 3.05) is 26.7 Å². The van der Waals surface area contributed by atoms with Gasteiger partial charge in [0, 0.05) is 32.6 Å². The Bertz CT molecular complexity index is 793. The average molecular weight is 369 g/mol. The zero-order valence-corrected chi connectivity index (χ0v) is 16.0. The van der Waals surface area contributed by atoms with Crippen LogP contribution in [-0.4, -0.2) is 58.4 Å². The van der Waals surface area contributed by atoms with Crippen molar-refractivity contribution >= 4 is 6.03 Å². The third kappa shape index (κ3) is 3.93. The van der Waals surface area contributed by atoms with Crippen LogP contribution in [-0.2, 0) is 26.1 Å². The second-order valence-electron chi connectivity index (χ2n) is 7.36. The van der Waals surface area contributed by atoms with Crippen LogP contribution in [0.4, 0.5) is 4.79 Å². The molecule has 0 spiro atoms. The summed E-state index contributed by atoms with van der Waals surface area (Å²) in [7, 11) is 2.10. The number of carbonyl (C=O) groups is 1. The maximum absolute atomic E-state index is 12.0. The van der Waals surface area contributed by atoms with E-state index in [0.29, 0.717) is 19.6 Å². The smallest absolute Gasteiger partial charge is 0.317 e. The van der Waals surface area contributed by atoms with E-state index in [-0.39, 0.29) is 12.1 Å². The highest BCUT2D eigenvalue weighted by Gasteiger charge is 2.25. The molecule has 0 fully saturated rings. The Labute approximate surface area is 159 Å². The normalized spacial score (nSPS) is 18.2. The molecule has 7 nitrogen and oxygen atoms in total. The second kappa shape index (κ2) is 7.60. The van der Waals surface area contributed by atoms with E-state index in [4.69, 9.17) is 9.84 Å². The summed E-state index contributed by atoms with van der Waals surface area (Å²) in [6, 6.07) is 10.4. The number of urea groups is 1. The number of para-hydroxylation sites is 1. The van der Waals surface area contributed by atoms with E-state index >= 15 is 0 Å². The van der Waals surface area contributed by atoms with Crippen LogP contribution in [0.2, 0.25) is 0 Å². The molecule has 1 atom stereocenters. The number of likely N-dealkylation sites (N-methyl/N-ethyl adjacent to an activating group) is 1. The van der Waals surface area contributed by atoms with Gasteiger partial charge in [-0.1, -0.05) is 18.2 Å². The van der Waals surface area contributed by atoms with Gasteiger partial charge >= 0.3 is 6.03 Å². The van der Waals surface area contributed by atoms with Crippen molar-refractivity contribution < 1.29 is 9.53 Å². The van der Waals surface area contributed by atoms with Crippen LogP contribution in [0.1, 0.15) is 23.9 Å². The molecule has 2 aliphatic rings. The summed E-state index contributed by atoms with van der Waals surface area (Å²) in [6.45, 7) is 6.29. The van der Waals surface area contributed by atoms with Gasteiger partial charge in [0.25, 0.3) is 0 Å². The fourth-order valence-corrected chi connectivity index (χ4v) is 3.88. The van der Waals surface area contributed by atoms with Crippen LogP contribution < -0.4 is 10.1 Å². The van der Waals surface area contributed by atoms with Crippen LogP contribution in [0.5, 0.6) is 5.75 Å². The molecule has 4 rings (SSSR count). The standard InChI is InChI=1S/C20H27N5O2/c1-3-21-20(26)24-8-9-25-17(13-24)11-16(22-25)12-23(2)14-18-10-15-6-4-5-7-19(15)27-18/h4-7,11,18H,3,8-10,12-14H2,1-2H3,(H,21,26)/t18-/m0/s1. The lowest BCUT2D eigenvalue weighted by atomic mass is 10.1. The topological polar surface area (TPSA) is 62.6 Å². The molecule has 2 aromatic rings. The van der Waals surface area contributed by atoms with Gasteiger partial charge in [-0.05, 0) is 31.7 Å². The van der Waals surface area contributed by atoms with Gasteiger partial charge < -0.3 is 15.0 Å². The molecule has 0 saturated carbocycles.